The summed E-state index contributed by atoms with van der Waals surface area (Å²) in [4.78, 5) is 16.2. The van der Waals surface area contributed by atoms with E-state index in [1.54, 1.807) is 17.0 Å². The summed E-state index contributed by atoms with van der Waals surface area (Å²) < 4.78 is 5.19. The lowest BCUT2D eigenvalue weighted by atomic mass is 10.0. The van der Waals surface area contributed by atoms with Crippen LogP contribution in [0.3, 0.4) is 0 Å². The average molecular weight is 357 g/mol. The van der Waals surface area contributed by atoms with Crippen LogP contribution in [0, 0.1) is 0 Å². The molecule has 0 aliphatic carbocycles. The fourth-order valence-electron chi connectivity index (χ4n) is 2.82. The Labute approximate surface area is 153 Å². The van der Waals surface area contributed by atoms with Crippen LogP contribution in [-0.2, 0) is 0 Å². The van der Waals surface area contributed by atoms with Crippen LogP contribution in [-0.4, -0.2) is 47.0 Å². The minimum Gasteiger partial charge on any atom is -0.459 e. The first kappa shape index (κ1) is 17.5. The molecule has 1 aromatic carbocycles. The van der Waals surface area contributed by atoms with E-state index in [-0.39, 0.29) is 5.91 Å². The van der Waals surface area contributed by atoms with Gasteiger partial charge in [0.1, 0.15) is 0 Å². The number of hydrogen-bond acceptors (Lipinski definition) is 3. The Hall–Kier alpha value is -2.34. The molecule has 25 heavy (non-hydrogen) atoms. The SMILES string of the molecule is CC(C)c1ccc(NC(=S)N2CCN(C(=O)c3ccco3)CC2)cc1. The predicted molar refractivity (Wildman–Crippen MR) is 103 cm³/mol. The van der Waals surface area contributed by atoms with E-state index < -0.39 is 0 Å². The summed E-state index contributed by atoms with van der Waals surface area (Å²) in [6.45, 7) is 7.04. The van der Waals surface area contributed by atoms with Crippen LogP contribution in [0.15, 0.2) is 47.1 Å². The molecule has 1 aliphatic rings. The van der Waals surface area contributed by atoms with Gasteiger partial charge in [-0.1, -0.05) is 26.0 Å². The van der Waals surface area contributed by atoms with Crippen molar-refractivity contribution in [1.29, 1.82) is 0 Å². The molecular weight excluding hydrogens is 334 g/mol. The number of piperazine rings is 1. The number of amides is 1. The number of carbonyl (C=O) groups is 1. The van der Waals surface area contributed by atoms with Crippen molar-refractivity contribution in [2.75, 3.05) is 31.5 Å². The second-order valence-corrected chi connectivity index (χ2v) is 6.85. The Morgan fingerprint density at radius 1 is 1.08 bits per heavy atom. The number of hydrogen-bond donors (Lipinski definition) is 1. The standard InChI is InChI=1S/C19H23N3O2S/c1-14(2)15-5-7-16(8-6-15)20-19(25)22-11-9-21(10-12-22)18(23)17-4-3-13-24-17/h3-8,13-14H,9-12H2,1-2H3,(H,20,25). The van der Waals surface area contributed by atoms with Crippen molar-refractivity contribution in [3.8, 4) is 0 Å². The predicted octanol–water partition coefficient (Wildman–Crippen LogP) is 3.56. The lowest BCUT2D eigenvalue weighted by Crippen LogP contribution is -2.51. The van der Waals surface area contributed by atoms with Crippen LogP contribution in [0.2, 0.25) is 0 Å². The van der Waals surface area contributed by atoms with Gasteiger partial charge in [-0.2, -0.15) is 0 Å². The van der Waals surface area contributed by atoms with E-state index >= 15 is 0 Å². The average Bonchev–Trinajstić information content (AvgIpc) is 3.16. The summed E-state index contributed by atoms with van der Waals surface area (Å²) in [7, 11) is 0. The number of nitrogens with one attached hydrogen (secondary N) is 1. The Bertz CT molecular complexity index is 718. The zero-order chi connectivity index (χ0) is 17.8. The zero-order valence-electron chi connectivity index (χ0n) is 14.6. The number of anilines is 1. The van der Waals surface area contributed by atoms with Crippen LogP contribution >= 0.6 is 12.2 Å². The van der Waals surface area contributed by atoms with Gasteiger partial charge in [0, 0.05) is 31.9 Å². The van der Waals surface area contributed by atoms with E-state index in [9.17, 15) is 4.79 Å². The molecule has 1 aliphatic heterocycles. The van der Waals surface area contributed by atoms with Gasteiger partial charge in [-0.3, -0.25) is 4.79 Å². The molecule has 3 rings (SSSR count). The van der Waals surface area contributed by atoms with Crippen molar-refractivity contribution < 1.29 is 9.21 Å². The summed E-state index contributed by atoms with van der Waals surface area (Å²) in [5.74, 6) is 0.841. The number of thiocarbonyl (C=S) groups is 1. The maximum Gasteiger partial charge on any atom is 0.289 e. The highest BCUT2D eigenvalue weighted by Crippen LogP contribution is 2.18. The number of furan rings is 1. The van der Waals surface area contributed by atoms with Crippen molar-refractivity contribution in [1.82, 2.24) is 9.80 Å². The molecule has 1 aromatic heterocycles. The second kappa shape index (κ2) is 7.70. The Morgan fingerprint density at radius 2 is 1.72 bits per heavy atom. The fraction of sp³-hybridized carbons (Fsp3) is 0.368. The number of benzene rings is 1. The van der Waals surface area contributed by atoms with Gasteiger partial charge in [0.25, 0.3) is 5.91 Å². The first-order valence-electron chi connectivity index (χ1n) is 8.53. The maximum absolute atomic E-state index is 12.3. The molecular formula is C19H23N3O2S. The van der Waals surface area contributed by atoms with E-state index in [4.69, 9.17) is 16.6 Å². The largest absolute Gasteiger partial charge is 0.459 e. The molecule has 0 atom stereocenters. The summed E-state index contributed by atoms with van der Waals surface area (Å²) >= 11 is 5.52. The van der Waals surface area contributed by atoms with Gasteiger partial charge in [0.2, 0.25) is 0 Å². The first-order chi connectivity index (χ1) is 12.0. The third-order valence-corrected chi connectivity index (χ3v) is 4.77. The number of nitrogens with zero attached hydrogens (tertiary/aromatic N) is 2. The minimum atomic E-state index is -0.0622. The van der Waals surface area contributed by atoms with Crippen molar-refractivity contribution in [3.05, 3.63) is 54.0 Å². The number of carbonyl (C=O) groups excluding carboxylic acids is 1. The second-order valence-electron chi connectivity index (χ2n) is 6.46. The van der Waals surface area contributed by atoms with Gasteiger partial charge in [-0.25, -0.2) is 0 Å². The van der Waals surface area contributed by atoms with Gasteiger partial charge in [0.05, 0.1) is 6.26 Å². The number of rotatable bonds is 3. The summed E-state index contributed by atoms with van der Waals surface area (Å²) in [5.41, 5.74) is 2.30. The minimum absolute atomic E-state index is 0.0622. The third-order valence-electron chi connectivity index (χ3n) is 4.41. The van der Waals surface area contributed by atoms with Crippen molar-refractivity contribution in [2.24, 2.45) is 0 Å². The molecule has 0 radical (unpaired) electrons. The van der Waals surface area contributed by atoms with Crippen LogP contribution in [0.25, 0.3) is 0 Å². The van der Waals surface area contributed by atoms with E-state index in [1.165, 1.54) is 11.8 Å². The molecule has 0 spiro atoms. The van der Waals surface area contributed by atoms with Gasteiger partial charge in [-0.15, -0.1) is 0 Å². The molecule has 6 heteroatoms. The molecule has 2 heterocycles. The molecule has 1 N–H and O–H groups in total. The molecule has 1 fully saturated rings. The van der Waals surface area contributed by atoms with Crippen molar-refractivity contribution in [2.45, 2.75) is 19.8 Å². The van der Waals surface area contributed by atoms with Crippen molar-refractivity contribution >= 4 is 28.9 Å². The summed E-state index contributed by atoms with van der Waals surface area (Å²) in [5, 5.41) is 3.98. The quantitative estimate of drug-likeness (QED) is 0.851. The summed E-state index contributed by atoms with van der Waals surface area (Å²) in [6.07, 6.45) is 1.52. The van der Waals surface area contributed by atoms with Gasteiger partial charge < -0.3 is 19.5 Å². The highest BCUT2D eigenvalue weighted by molar-refractivity contribution is 7.80. The maximum atomic E-state index is 12.3. The van der Waals surface area contributed by atoms with Crippen LogP contribution in [0.5, 0.6) is 0 Å². The smallest absolute Gasteiger partial charge is 0.289 e. The van der Waals surface area contributed by atoms with Crippen LogP contribution in [0.1, 0.15) is 35.9 Å². The molecule has 132 valence electrons. The first-order valence-corrected chi connectivity index (χ1v) is 8.94. The Kier molecular flexibility index (Phi) is 5.38. The summed E-state index contributed by atoms with van der Waals surface area (Å²) in [6, 6.07) is 11.8. The lowest BCUT2D eigenvalue weighted by molar-refractivity contribution is 0.0661. The van der Waals surface area contributed by atoms with Crippen LogP contribution < -0.4 is 5.32 Å². The van der Waals surface area contributed by atoms with Gasteiger partial charge in [-0.05, 0) is 48.0 Å². The molecule has 1 amide bonds. The molecule has 0 unspecified atom stereocenters. The molecule has 5 nitrogen and oxygen atoms in total. The molecule has 1 saturated heterocycles. The van der Waals surface area contributed by atoms with Crippen LogP contribution in [0.4, 0.5) is 5.69 Å². The third kappa shape index (κ3) is 4.20. The zero-order valence-corrected chi connectivity index (χ0v) is 15.4. The lowest BCUT2D eigenvalue weighted by Gasteiger charge is -2.35. The topological polar surface area (TPSA) is 48.7 Å². The van der Waals surface area contributed by atoms with Gasteiger partial charge in [0.15, 0.2) is 10.9 Å². The monoisotopic (exact) mass is 357 g/mol. The normalized spacial score (nSPS) is 14.7. The van der Waals surface area contributed by atoms with Gasteiger partial charge >= 0.3 is 0 Å². The van der Waals surface area contributed by atoms with Crippen molar-refractivity contribution in [3.63, 3.8) is 0 Å². The highest BCUT2D eigenvalue weighted by atomic mass is 32.1. The van der Waals surface area contributed by atoms with E-state index in [2.05, 4.69) is 48.3 Å². The van der Waals surface area contributed by atoms with E-state index in [0.29, 0.717) is 43.0 Å². The van der Waals surface area contributed by atoms with E-state index in [1.807, 2.05) is 0 Å². The molecule has 2 aromatic rings. The fourth-order valence-corrected chi connectivity index (χ4v) is 3.12. The van der Waals surface area contributed by atoms with E-state index in [0.717, 1.165) is 5.69 Å². The Balaban J connectivity index is 1.52. The molecule has 0 bridgehead atoms. The highest BCUT2D eigenvalue weighted by Gasteiger charge is 2.24. The molecule has 0 saturated carbocycles. The Morgan fingerprint density at radius 3 is 2.28 bits per heavy atom.